The molecule has 0 saturated carbocycles. The van der Waals surface area contributed by atoms with E-state index in [-0.39, 0.29) is 6.61 Å². The molecule has 2 rings (SSSR count). The third-order valence-electron chi connectivity index (χ3n) is 2.93. The van der Waals surface area contributed by atoms with Crippen molar-refractivity contribution in [1.82, 2.24) is 4.90 Å². The lowest BCUT2D eigenvalue weighted by molar-refractivity contribution is 0.282. The summed E-state index contributed by atoms with van der Waals surface area (Å²) in [4.78, 5) is 2.01. The summed E-state index contributed by atoms with van der Waals surface area (Å²) >= 11 is 0. The van der Waals surface area contributed by atoms with Gasteiger partial charge in [0.15, 0.2) is 11.3 Å². The number of methoxy groups -OCH3 is 2. The molecule has 0 bridgehead atoms. The molecular weight excluding hydrogens is 246 g/mol. The van der Waals surface area contributed by atoms with E-state index in [1.165, 1.54) is 0 Å². The molecule has 104 valence electrons. The zero-order chi connectivity index (χ0) is 14.0. The van der Waals surface area contributed by atoms with E-state index in [1.807, 2.05) is 25.1 Å². The lowest BCUT2D eigenvalue weighted by atomic mass is 10.1. The summed E-state index contributed by atoms with van der Waals surface area (Å²) in [5, 5.41) is 10.3. The number of rotatable bonds is 5. The van der Waals surface area contributed by atoms with E-state index in [4.69, 9.17) is 13.9 Å². The van der Waals surface area contributed by atoms with Gasteiger partial charge >= 0.3 is 0 Å². The summed E-state index contributed by atoms with van der Waals surface area (Å²) in [7, 11) is 7.08. The van der Waals surface area contributed by atoms with E-state index in [0.29, 0.717) is 23.6 Å². The van der Waals surface area contributed by atoms with Crippen LogP contribution in [0.2, 0.25) is 0 Å². The molecule has 0 aliphatic carbocycles. The first-order valence-electron chi connectivity index (χ1n) is 6.02. The van der Waals surface area contributed by atoms with Crippen LogP contribution in [0.5, 0.6) is 11.5 Å². The van der Waals surface area contributed by atoms with Crippen LogP contribution in [-0.4, -0.2) is 38.3 Å². The summed E-state index contributed by atoms with van der Waals surface area (Å²) < 4.78 is 16.5. The molecule has 0 aliphatic rings. The lowest BCUT2D eigenvalue weighted by Gasteiger charge is -2.10. The van der Waals surface area contributed by atoms with Crippen molar-refractivity contribution in [3.8, 4) is 11.5 Å². The molecule has 0 atom stereocenters. The van der Waals surface area contributed by atoms with Gasteiger partial charge in [0.1, 0.15) is 5.76 Å². The van der Waals surface area contributed by atoms with Gasteiger partial charge in [-0.2, -0.15) is 0 Å². The van der Waals surface area contributed by atoms with Gasteiger partial charge in [-0.1, -0.05) is 0 Å². The number of ether oxygens (including phenoxy) is 2. The summed E-state index contributed by atoms with van der Waals surface area (Å²) in [6, 6.07) is 3.71. The van der Waals surface area contributed by atoms with Gasteiger partial charge in [-0.3, -0.25) is 0 Å². The molecule has 0 spiro atoms. The zero-order valence-electron chi connectivity index (χ0n) is 11.7. The van der Waals surface area contributed by atoms with Crippen molar-refractivity contribution in [2.24, 2.45) is 0 Å². The molecule has 1 aromatic carbocycles. The molecular formula is C14H19NO4. The van der Waals surface area contributed by atoms with E-state index >= 15 is 0 Å². The van der Waals surface area contributed by atoms with Gasteiger partial charge in [0.2, 0.25) is 5.75 Å². The van der Waals surface area contributed by atoms with Gasteiger partial charge < -0.3 is 23.9 Å². The number of nitrogens with zero attached hydrogens (tertiary/aromatic N) is 1. The average molecular weight is 265 g/mol. The third kappa shape index (κ3) is 2.52. The van der Waals surface area contributed by atoms with Crippen LogP contribution in [0.4, 0.5) is 0 Å². The molecule has 1 aromatic heterocycles. The van der Waals surface area contributed by atoms with Crippen LogP contribution in [0.25, 0.3) is 11.0 Å². The summed E-state index contributed by atoms with van der Waals surface area (Å²) in [5.41, 5.74) is 1.38. The highest BCUT2D eigenvalue weighted by molar-refractivity contribution is 5.89. The van der Waals surface area contributed by atoms with E-state index in [1.54, 1.807) is 20.3 Å². The molecule has 1 heterocycles. The Kier molecular flexibility index (Phi) is 3.97. The van der Waals surface area contributed by atoms with Crippen molar-refractivity contribution in [2.45, 2.75) is 13.2 Å². The Balaban J connectivity index is 2.65. The van der Waals surface area contributed by atoms with Gasteiger partial charge in [0.05, 0.1) is 27.4 Å². The first-order valence-corrected chi connectivity index (χ1v) is 6.02. The fourth-order valence-corrected chi connectivity index (χ4v) is 2.13. The summed E-state index contributed by atoms with van der Waals surface area (Å²) in [5.74, 6) is 1.94. The number of fused-ring (bicyclic) bond motifs is 1. The first-order chi connectivity index (χ1) is 9.10. The molecule has 2 aromatic rings. The van der Waals surface area contributed by atoms with Crippen LogP contribution >= 0.6 is 0 Å². The molecule has 19 heavy (non-hydrogen) atoms. The van der Waals surface area contributed by atoms with Crippen LogP contribution in [0, 0.1) is 0 Å². The van der Waals surface area contributed by atoms with Gasteiger partial charge in [0, 0.05) is 5.39 Å². The van der Waals surface area contributed by atoms with Crippen LogP contribution in [0.15, 0.2) is 16.5 Å². The van der Waals surface area contributed by atoms with Gasteiger partial charge in [0.25, 0.3) is 0 Å². The normalized spacial score (nSPS) is 11.3. The van der Waals surface area contributed by atoms with Crippen LogP contribution in [0.1, 0.15) is 11.3 Å². The smallest absolute Gasteiger partial charge is 0.204 e. The third-order valence-corrected chi connectivity index (χ3v) is 2.93. The number of benzene rings is 1. The van der Waals surface area contributed by atoms with E-state index < -0.39 is 0 Å². The monoisotopic (exact) mass is 265 g/mol. The fraction of sp³-hybridized carbons (Fsp3) is 0.429. The largest absolute Gasteiger partial charge is 0.493 e. The van der Waals surface area contributed by atoms with Gasteiger partial charge in [-0.25, -0.2) is 0 Å². The molecule has 1 N–H and O–H groups in total. The molecule has 0 radical (unpaired) electrons. The molecule has 0 amide bonds. The standard InChI is InChI=1S/C14H19NO4/c1-15(2)7-10-6-11-9(8-16)5-12(17-3)14(18-4)13(11)19-10/h5-6,16H,7-8H2,1-4H3. The van der Waals surface area contributed by atoms with Crippen molar-refractivity contribution >= 4 is 11.0 Å². The second-order valence-electron chi connectivity index (χ2n) is 4.62. The Labute approximate surface area is 112 Å². The highest BCUT2D eigenvalue weighted by Gasteiger charge is 2.18. The van der Waals surface area contributed by atoms with Crippen molar-refractivity contribution < 1.29 is 19.0 Å². The zero-order valence-corrected chi connectivity index (χ0v) is 11.7. The number of furan rings is 1. The second-order valence-corrected chi connectivity index (χ2v) is 4.62. The van der Waals surface area contributed by atoms with E-state index in [9.17, 15) is 5.11 Å². The Morgan fingerprint density at radius 3 is 2.47 bits per heavy atom. The minimum atomic E-state index is -0.0716. The highest BCUT2D eigenvalue weighted by atomic mass is 16.5. The number of hydrogen-bond donors (Lipinski definition) is 1. The Hall–Kier alpha value is -1.72. The quantitative estimate of drug-likeness (QED) is 0.896. The molecule has 0 unspecified atom stereocenters. The minimum Gasteiger partial charge on any atom is -0.493 e. The van der Waals surface area contributed by atoms with Gasteiger partial charge in [-0.05, 0) is 31.8 Å². The SMILES string of the molecule is COc1cc(CO)c2cc(CN(C)C)oc2c1OC. The number of hydrogen-bond acceptors (Lipinski definition) is 5. The van der Waals surface area contributed by atoms with Crippen molar-refractivity contribution in [1.29, 1.82) is 0 Å². The van der Waals surface area contributed by atoms with Crippen LogP contribution in [0.3, 0.4) is 0 Å². The second kappa shape index (κ2) is 5.50. The maximum Gasteiger partial charge on any atom is 0.204 e. The molecule has 5 nitrogen and oxygen atoms in total. The summed E-state index contributed by atoms with van der Waals surface area (Å²) in [6.07, 6.45) is 0. The molecule has 0 saturated heterocycles. The first kappa shape index (κ1) is 13.7. The van der Waals surface area contributed by atoms with E-state index in [0.717, 1.165) is 16.7 Å². The van der Waals surface area contributed by atoms with Crippen molar-refractivity contribution in [3.63, 3.8) is 0 Å². The Bertz CT molecular complexity index is 574. The number of aliphatic hydroxyl groups is 1. The Morgan fingerprint density at radius 1 is 1.21 bits per heavy atom. The minimum absolute atomic E-state index is 0.0716. The molecule has 0 fully saturated rings. The lowest BCUT2D eigenvalue weighted by Crippen LogP contribution is -2.09. The topological polar surface area (TPSA) is 55.1 Å². The maximum absolute atomic E-state index is 9.46. The maximum atomic E-state index is 9.46. The highest BCUT2D eigenvalue weighted by Crippen LogP contribution is 2.39. The van der Waals surface area contributed by atoms with Crippen LogP contribution < -0.4 is 9.47 Å². The van der Waals surface area contributed by atoms with Crippen LogP contribution in [-0.2, 0) is 13.2 Å². The van der Waals surface area contributed by atoms with Crippen molar-refractivity contribution in [2.75, 3.05) is 28.3 Å². The Morgan fingerprint density at radius 2 is 1.95 bits per heavy atom. The number of aliphatic hydroxyl groups excluding tert-OH is 1. The van der Waals surface area contributed by atoms with Crippen molar-refractivity contribution in [3.05, 3.63) is 23.5 Å². The molecule has 0 aliphatic heterocycles. The van der Waals surface area contributed by atoms with Gasteiger partial charge in [-0.15, -0.1) is 0 Å². The predicted molar refractivity (Wildman–Crippen MR) is 72.6 cm³/mol. The fourth-order valence-electron chi connectivity index (χ4n) is 2.13. The predicted octanol–water partition coefficient (Wildman–Crippen LogP) is 2.00. The molecule has 5 heteroatoms. The van der Waals surface area contributed by atoms with E-state index in [2.05, 4.69) is 0 Å². The average Bonchev–Trinajstić information content (AvgIpc) is 2.78. The summed E-state index contributed by atoms with van der Waals surface area (Å²) in [6.45, 7) is 0.614.